The van der Waals surface area contributed by atoms with Gasteiger partial charge in [0.15, 0.2) is 9.84 Å². The molecular formula is C16H12F3N3O2S. The fourth-order valence-electron chi connectivity index (χ4n) is 2.41. The smallest absolute Gasteiger partial charge is 0.272 e. The summed E-state index contributed by atoms with van der Waals surface area (Å²) in [5.41, 5.74) is -0.431. The molecular weight excluding hydrogens is 355 g/mol. The third-order valence-electron chi connectivity index (χ3n) is 3.56. The van der Waals surface area contributed by atoms with Crippen LogP contribution >= 0.6 is 0 Å². The number of aromatic nitrogens is 3. The Morgan fingerprint density at radius 3 is 2.24 bits per heavy atom. The maximum atomic E-state index is 13.3. The summed E-state index contributed by atoms with van der Waals surface area (Å²) >= 11 is 0. The lowest BCUT2D eigenvalue weighted by Gasteiger charge is -2.09. The van der Waals surface area contributed by atoms with E-state index < -0.39 is 21.7 Å². The van der Waals surface area contributed by atoms with Gasteiger partial charge < -0.3 is 0 Å². The quantitative estimate of drug-likeness (QED) is 0.768. The molecule has 1 N–H and O–H groups in total. The number of hydrogen-bond acceptors (Lipinski definition) is 4. The Hall–Kier alpha value is -2.68. The van der Waals surface area contributed by atoms with Crippen molar-refractivity contribution < 1.29 is 21.6 Å². The van der Waals surface area contributed by atoms with Crippen molar-refractivity contribution in [3.8, 4) is 22.4 Å². The summed E-state index contributed by atoms with van der Waals surface area (Å²) in [4.78, 5) is 3.93. The van der Waals surface area contributed by atoms with Crippen molar-refractivity contribution in [1.82, 2.24) is 15.2 Å². The zero-order valence-electron chi connectivity index (χ0n) is 12.9. The van der Waals surface area contributed by atoms with Crippen molar-refractivity contribution in [3.63, 3.8) is 0 Å². The van der Waals surface area contributed by atoms with E-state index in [1.54, 1.807) is 0 Å². The zero-order chi connectivity index (χ0) is 18.2. The van der Waals surface area contributed by atoms with Gasteiger partial charge in [0.25, 0.3) is 0 Å². The Kier molecular flexibility index (Phi) is 4.11. The first kappa shape index (κ1) is 17.2. The van der Waals surface area contributed by atoms with Crippen molar-refractivity contribution >= 4 is 9.84 Å². The van der Waals surface area contributed by atoms with Crippen LogP contribution in [0.2, 0.25) is 0 Å². The molecule has 2 heterocycles. The first-order chi connectivity index (χ1) is 11.7. The van der Waals surface area contributed by atoms with Crippen molar-refractivity contribution in [3.05, 3.63) is 54.5 Å². The van der Waals surface area contributed by atoms with Gasteiger partial charge in [-0.25, -0.2) is 8.42 Å². The number of aromatic amines is 1. The first-order valence-electron chi connectivity index (χ1n) is 7.04. The molecule has 5 nitrogen and oxygen atoms in total. The molecule has 9 heteroatoms. The van der Waals surface area contributed by atoms with Crippen LogP contribution < -0.4 is 0 Å². The second-order valence-corrected chi connectivity index (χ2v) is 7.37. The highest BCUT2D eigenvalue weighted by Crippen LogP contribution is 2.40. The summed E-state index contributed by atoms with van der Waals surface area (Å²) in [6.07, 6.45) is -0.797. The molecule has 3 aromatic rings. The Morgan fingerprint density at radius 1 is 1.04 bits per heavy atom. The molecule has 0 aliphatic carbocycles. The Morgan fingerprint density at radius 2 is 1.72 bits per heavy atom. The van der Waals surface area contributed by atoms with E-state index in [-0.39, 0.29) is 21.7 Å². The van der Waals surface area contributed by atoms with Crippen LogP contribution in [-0.2, 0) is 16.0 Å². The molecule has 0 amide bonds. The van der Waals surface area contributed by atoms with Crippen molar-refractivity contribution in [2.75, 3.05) is 6.26 Å². The standard InChI is InChI=1S/C16H12F3N3O2S/c1-25(23,24)12-6-4-10(5-7-12)14-13(11-3-2-8-20-9-11)15(22-21-14)16(17,18)19/h2-9H,1H3,(H,21,22). The second kappa shape index (κ2) is 5.99. The maximum Gasteiger partial charge on any atom is 0.433 e. The van der Waals surface area contributed by atoms with Crippen molar-refractivity contribution in [2.45, 2.75) is 11.1 Å². The highest BCUT2D eigenvalue weighted by Gasteiger charge is 2.38. The number of alkyl halides is 3. The Labute approximate surface area is 141 Å². The number of H-pyrrole nitrogens is 1. The SMILES string of the molecule is CS(=O)(=O)c1ccc(-c2n[nH]c(C(F)(F)F)c2-c2cccnc2)cc1. The second-order valence-electron chi connectivity index (χ2n) is 5.36. The van der Waals surface area contributed by atoms with E-state index in [0.717, 1.165) is 6.26 Å². The van der Waals surface area contributed by atoms with E-state index in [9.17, 15) is 21.6 Å². The zero-order valence-corrected chi connectivity index (χ0v) is 13.7. The fourth-order valence-corrected chi connectivity index (χ4v) is 3.04. The Balaban J connectivity index is 2.19. The van der Waals surface area contributed by atoms with Gasteiger partial charge >= 0.3 is 6.18 Å². The minimum Gasteiger partial charge on any atom is -0.272 e. The van der Waals surface area contributed by atoms with Crippen LogP contribution in [0.25, 0.3) is 22.4 Å². The lowest BCUT2D eigenvalue weighted by atomic mass is 10.00. The molecule has 0 radical (unpaired) electrons. The summed E-state index contributed by atoms with van der Waals surface area (Å²) in [5, 5.41) is 5.83. The number of rotatable bonds is 3. The van der Waals surface area contributed by atoms with Crippen LogP contribution in [0, 0.1) is 0 Å². The van der Waals surface area contributed by atoms with Gasteiger partial charge in [0.1, 0.15) is 11.4 Å². The highest BCUT2D eigenvalue weighted by molar-refractivity contribution is 7.90. The summed E-state index contributed by atoms with van der Waals surface area (Å²) in [5.74, 6) is 0. The molecule has 3 rings (SSSR count). The van der Waals surface area contributed by atoms with Crippen LogP contribution in [0.5, 0.6) is 0 Å². The van der Waals surface area contributed by atoms with Gasteiger partial charge in [-0.2, -0.15) is 18.3 Å². The van der Waals surface area contributed by atoms with E-state index in [1.807, 2.05) is 5.10 Å². The lowest BCUT2D eigenvalue weighted by Crippen LogP contribution is -2.07. The third kappa shape index (κ3) is 3.41. The highest BCUT2D eigenvalue weighted by atomic mass is 32.2. The van der Waals surface area contributed by atoms with E-state index in [1.165, 1.54) is 48.8 Å². The number of pyridine rings is 1. The fraction of sp³-hybridized carbons (Fsp3) is 0.125. The van der Waals surface area contributed by atoms with Crippen LogP contribution in [0.3, 0.4) is 0 Å². The normalized spacial score (nSPS) is 12.3. The number of nitrogens with zero attached hydrogens (tertiary/aromatic N) is 2. The summed E-state index contributed by atoms with van der Waals surface area (Å²) < 4.78 is 63.0. The van der Waals surface area contributed by atoms with Crippen LogP contribution in [0.15, 0.2) is 53.7 Å². The van der Waals surface area contributed by atoms with Gasteiger partial charge in [-0.1, -0.05) is 18.2 Å². The van der Waals surface area contributed by atoms with Crippen LogP contribution in [0.4, 0.5) is 13.2 Å². The van der Waals surface area contributed by atoms with Gasteiger partial charge in [-0.3, -0.25) is 10.1 Å². The minimum absolute atomic E-state index is 0.0698. The van der Waals surface area contributed by atoms with Crippen LogP contribution in [0.1, 0.15) is 5.69 Å². The number of sulfone groups is 1. The number of halogens is 3. The van der Waals surface area contributed by atoms with Gasteiger partial charge in [0.2, 0.25) is 0 Å². The van der Waals surface area contributed by atoms with E-state index in [4.69, 9.17) is 0 Å². The molecule has 0 saturated carbocycles. The lowest BCUT2D eigenvalue weighted by molar-refractivity contribution is -0.140. The molecule has 1 aromatic carbocycles. The van der Waals surface area contributed by atoms with Gasteiger partial charge in [0, 0.05) is 35.3 Å². The van der Waals surface area contributed by atoms with Crippen LogP contribution in [-0.4, -0.2) is 29.9 Å². The Bertz CT molecular complexity index is 995. The molecule has 0 fully saturated rings. The minimum atomic E-state index is -4.62. The average Bonchev–Trinajstić information content (AvgIpc) is 3.00. The number of benzene rings is 1. The van der Waals surface area contributed by atoms with Gasteiger partial charge in [0.05, 0.1) is 4.90 Å². The molecule has 0 spiro atoms. The molecule has 130 valence electrons. The molecule has 25 heavy (non-hydrogen) atoms. The number of nitrogens with one attached hydrogen (secondary N) is 1. The molecule has 0 aliphatic heterocycles. The third-order valence-corrected chi connectivity index (χ3v) is 4.68. The molecule has 0 unspecified atom stereocenters. The summed E-state index contributed by atoms with van der Waals surface area (Å²) in [7, 11) is -3.40. The molecule has 0 saturated heterocycles. The van der Waals surface area contributed by atoms with E-state index in [0.29, 0.717) is 5.56 Å². The molecule has 2 aromatic heterocycles. The average molecular weight is 367 g/mol. The largest absolute Gasteiger partial charge is 0.433 e. The maximum absolute atomic E-state index is 13.3. The molecule has 0 atom stereocenters. The monoisotopic (exact) mass is 367 g/mol. The predicted molar refractivity (Wildman–Crippen MR) is 85.4 cm³/mol. The molecule has 0 bridgehead atoms. The topological polar surface area (TPSA) is 75.7 Å². The van der Waals surface area contributed by atoms with Gasteiger partial charge in [-0.15, -0.1) is 0 Å². The van der Waals surface area contributed by atoms with Crippen molar-refractivity contribution in [2.24, 2.45) is 0 Å². The van der Waals surface area contributed by atoms with Gasteiger partial charge in [-0.05, 0) is 18.2 Å². The molecule has 0 aliphatic rings. The number of hydrogen-bond donors (Lipinski definition) is 1. The predicted octanol–water partition coefficient (Wildman–Crippen LogP) is 3.56. The van der Waals surface area contributed by atoms with E-state index in [2.05, 4.69) is 10.1 Å². The summed E-state index contributed by atoms with van der Waals surface area (Å²) in [6, 6.07) is 8.54. The van der Waals surface area contributed by atoms with E-state index >= 15 is 0 Å². The van der Waals surface area contributed by atoms with Crippen molar-refractivity contribution in [1.29, 1.82) is 0 Å². The first-order valence-corrected chi connectivity index (χ1v) is 8.93. The summed E-state index contributed by atoms with van der Waals surface area (Å²) in [6.45, 7) is 0.